The van der Waals surface area contributed by atoms with E-state index < -0.39 is 0 Å². The quantitative estimate of drug-likeness (QED) is 0.126. The summed E-state index contributed by atoms with van der Waals surface area (Å²) in [5.41, 5.74) is 10.5. The lowest BCUT2D eigenvalue weighted by atomic mass is 9.73. The third kappa shape index (κ3) is 4.50. The Labute approximate surface area is 311 Å². The van der Waals surface area contributed by atoms with Gasteiger partial charge in [0.2, 0.25) is 0 Å². The summed E-state index contributed by atoms with van der Waals surface area (Å²) in [6, 6.07) is 48.5. The fourth-order valence-corrected chi connectivity index (χ4v) is 9.85. The summed E-state index contributed by atoms with van der Waals surface area (Å²) in [6.07, 6.45) is 0. The molecule has 0 saturated carbocycles. The van der Waals surface area contributed by atoms with Gasteiger partial charge in [0, 0.05) is 21.9 Å². The van der Waals surface area contributed by atoms with Gasteiger partial charge in [-0.1, -0.05) is 157 Å². The zero-order chi connectivity index (χ0) is 36.6. The second-order valence-electron chi connectivity index (χ2n) is 17.4. The van der Waals surface area contributed by atoms with E-state index in [9.17, 15) is 0 Å². The summed E-state index contributed by atoms with van der Waals surface area (Å²) in [5, 5.41) is 17.2. The van der Waals surface area contributed by atoms with Crippen LogP contribution in [0.15, 0.2) is 127 Å². The van der Waals surface area contributed by atoms with Gasteiger partial charge in [-0.2, -0.15) is 0 Å². The summed E-state index contributed by atoms with van der Waals surface area (Å²) in [5.74, 6) is 0. The molecule has 0 N–H and O–H groups in total. The van der Waals surface area contributed by atoms with E-state index >= 15 is 0 Å². The van der Waals surface area contributed by atoms with Crippen molar-refractivity contribution in [2.75, 3.05) is 0 Å². The third-order valence-corrected chi connectivity index (χ3v) is 12.1. The second kappa shape index (κ2) is 10.9. The van der Waals surface area contributed by atoms with Gasteiger partial charge in [0.1, 0.15) is 0 Å². The molecular weight excluding hydrogens is 639 g/mol. The summed E-state index contributed by atoms with van der Waals surface area (Å²) >= 11 is 0. The Balaban J connectivity index is 1.27. The van der Waals surface area contributed by atoms with Crippen LogP contribution < -0.4 is 0 Å². The highest BCUT2D eigenvalue weighted by atomic mass is 15.0. The fourth-order valence-electron chi connectivity index (χ4n) is 9.85. The first-order valence-electron chi connectivity index (χ1n) is 19.1. The van der Waals surface area contributed by atoms with Gasteiger partial charge in [-0.25, -0.2) is 0 Å². The molecular formula is C52H45N. The van der Waals surface area contributed by atoms with Crippen LogP contribution in [0.4, 0.5) is 0 Å². The molecule has 53 heavy (non-hydrogen) atoms. The van der Waals surface area contributed by atoms with Crippen molar-refractivity contribution in [2.24, 2.45) is 0 Å². The molecule has 0 aliphatic carbocycles. The Morgan fingerprint density at radius 1 is 0.415 bits per heavy atom. The molecule has 0 fully saturated rings. The van der Waals surface area contributed by atoms with Gasteiger partial charge in [-0.15, -0.1) is 0 Å². The molecule has 10 aromatic rings. The maximum atomic E-state index is 2.54. The van der Waals surface area contributed by atoms with E-state index in [0.29, 0.717) is 0 Å². The van der Waals surface area contributed by atoms with Gasteiger partial charge in [-0.05, 0) is 118 Å². The molecule has 1 heteroatoms. The number of aromatic nitrogens is 1. The molecule has 0 spiro atoms. The lowest BCUT2D eigenvalue weighted by molar-refractivity contribution is 0.593. The zero-order valence-electron chi connectivity index (χ0n) is 32.1. The van der Waals surface area contributed by atoms with Gasteiger partial charge in [0.05, 0.1) is 11.2 Å². The van der Waals surface area contributed by atoms with Crippen molar-refractivity contribution in [2.45, 2.75) is 66.2 Å². The lowest BCUT2D eigenvalue weighted by Crippen LogP contribution is -2.17. The first kappa shape index (κ1) is 32.0. The van der Waals surface area contributed by atoms with Crippen molar-refractivity contribution in [3.8, 4) is 16.8 Å². The van der Waals surface area contributed by atoms with E-state index in [1.807, 2.05) is 0 Å². The minimum atomic E-state index is -0.0334. The van der Waals surface area contributed by atoms with Crippen molar-refractivity contribution >= 4 is 75.5 Å². The minimum absolute atomic E-state index is 0.00685. The lowest BCUT2D eigenvalue weighted by Gasteiger charge is -2.30. The summed E-state index contributed by atoms with van der Waals surface area (Å²) in [6.45, 7) is 18.7. The van der Waals surface area contributed by atoms with Crippen LogP contribution in [0.5, 0.6) is 0 Å². The van der Waals surface area contributed by atoms with Crippen LogP contribution in [0, 0.1) is 13.8 Å². The molecule has 258 valence electrons. The van der Waals surface area contributed by atoms with Crippen molar-refractivity contribution in [3.63, 3.8) is 0 Å². The van der Waals surface area contributed by atoms with E-state index in [4.69, 9.17) is 0 Å². The maximum Gasteiger partial charge on any atom is 0.0612 e. The molecule has 0 saturated heterocycles. The molecule has 1 aromatic heterocycles. The average molecular weight is 684 g/mol. The number of benzene rings is 9. The van der Waals surface area contributed by atoms with Gasteiger partial charge >= 0.3 is 0 Å². The highest BCUT2D eigenvalue weighted by Gasteiger charge is 2.28. The first-order chi connectivity index (χ1) is 25.4. The Kier molecular flexibility index (Phi) is 6.61. The van der Waals surface area contributed by atoms with E-state index in [1.165, 1.54) is 115 Å². The number of hydrogen-bond donors (Lipinski definition) is 0. The monoisotopic (exact) mass is 683 g/mol. The van der Waals surface area contributed by atoms with E-state index in [0.717, 1.165) is 0 Å². The average Bonchev–Trinajstić information content (AvgIpc) is 3.40. The number of rotatable bonds is 2. The summed E-state index contributed by atoms with van der Waals surface area (Å²) < 4.78 is 2.54. The number of fused-ring (bicyclic) bond motifs is 5. The van der Waals surface area contributed by atoms with Crippen molar-refractivity contribution in [1.29, 1.82) is 0 Å². The highest BCUT2D eigenvalue weighted by Crippen LogP contribution is 2.46. The van der Waals surface area contributed by atoms with E-state index in [-0.39, 0.29) is 10.8 Å². The predicted molar refractivity (Wildman–Crippen MR) is 232 cm³/mol. The highest BCUT2D eigenvalue weighted by molar-refractivity contribution is 6.25. The van der Waals surface area contributed by atoms with Gasteiger partial charge in [0.15, 0.2) is 0 Å². The molecule has 0 atom stereocenters. The Bertz CT molecular complexity index is 3120. The maximum absolute atomic E-state index is 2.54. The van der Waals surface area contributed by atoms with Gasteiger partial charge < -0.3 is 4.57 Å². The first-order valence-corrected chi connectivity index (χ1v) is 19.1. The molecule has 9 aromatic carbocycles. The molecule has 10 rings (SSSR count). The van der Waals surface area contributed by atoms with Gasteiger partial charge in [0.25, 0.3) is 0 Å². The van der Waals surface area contributed by atoms with Crippen LogP contribution in [-0.4, -0.2) is 4.57 Å². The normalized spacial score (nSPS) is 12.9. The molecule has 1 heterocycles. The number of nitrogens with zero attached hydrogens (tertiary/aromatic N) is 1. The van der Waals surface area contributed by atoms with Crippen molar-refractivity contribution in [3.05, 3.63) is 150 Å². The van der Waals surface area contributed by atoms with Crippen LogP contribution in [0.3, 0.4) is 0 Å². The SMILES string of the molecule is Cc1c(C)n(-c2ccc3ccc4cccc5ccc2c3c45)c2c1ccc1c(-c3ccc4c(C(C)(C)C)c5ccccc5c(C(C)(C)C)c4c3)cccc12. The molecule has 0 aliphatic rings. The van der Waals surface area contributed by atoms with Crippen LogP contribution >= 0.6 is 0 Å². The smallest absolute Gasteiger partial charge is 0.0612 e. The molecule has 0 amide bonds. The number of hydrogen-bond acceptors (Lipinski definition) is 0. The molecule has 0 bridgehead atoms. The van der Waals surface area contributed by atoms with E-state index in [2.05, 4.69) is 187 Å². The Morgan fingerprint density at radius 2 is 0.943 bits per heavy atom. The van der Waals surface area contributed by atoms with Crippen LogP contribution in [0.1, 0.15) is 63.9 Å². The topological polar surface area (TPSA) is 4.93 Å². The second-order valence-corrected chi connectivity index (χ2v) is 17.4. The Hall–Kier alpha value is -5.66. The Morgan fingerprint density at radius 3 is 1.64 bits per heavy atom. The largest absolute Gasteiger partial charge is 0.312 e. The molecule has 1 nitrogen and oxygen atoms in total. The summed E-state index contributed by atoms with van der Waals surface area (Å²) in [7, 11) is 0. The standard InChI is InChI=1S/C52H45N/c1-30-31(2)53(45-28-23-34-20-19-32-13-11-14-33-21-25-43(45)47(34)46(32)33)50-36(30)26-27-38-37(17-12-18-42(38)50)35-22-24-41-44(29-35)49(52(6,7)8)40-16-10-9-15-39(40)48(41)51(3,4)5/h9-29H,1-8H3. The number of aryl methyl sites for hydroxylation is 1. The van der Waals surface area contributed by atoms with Crippen LogP contribution in [-0.2, 0) is 10.8 Å². The predicted octanol–water partition coefficient (Wildman–Crippen LogP) is 14.9. The van der Waals surface area contributed by atoms with Crippen molar-refractivity contribution in [1.82, 2.24) is 4.57 Å². The fraction of sp³-hybridized carbons (Fsp3) is 0.192. The van der Waals surface area contributed by atoms with E-state index in [1.54, 1.807) is 0 Å². The molecule has 0 aliphatic heterocycles. The van der Waals surface area contributed by atoms with Crippen LogP contribution in [0.2, 0.25) is 0 Å². The minimum Gasteiger partial charge on any atom is -0.312 e. The zero-order valence-corrected chi connectivity index (χ0v) is 32.1. The third-order valence-electron chi connectivity index (χ3n) is 12.1. The molecule has 0 radical (unpaired) electrons. The summed E-state index contributed by atoms with van der Waals surface area (Å²) in [4.78, 5) is 0. The van der Waals surface area contributed by atoms with Crippen molar-refractivity contribution < 1.29 is 0 Å². The molecule has 0 unspecified atom stereocenters. The van der Waals surface area contributed by atoms with Gasteiger partial charge in [-0.3, -0.25) is 0 Å². The van der Waals surface area contributed by atoms with Crippen LogP contribution in [0.25, 0.3) is 92.4 Å².